The molecule has 0 unspecified atom stereocenters. The van der Waals surface area contributed by atoms with E-state index in [1.54, 1.807) is 6.20 Å². The number of nitrogens with zero attached hydrogens (tertiary/aromatic N) is 6. The number of aromatic amines is 1. The first-order chi connectivity index (χ1) is 17.7. The van der Waals surface area contributed by atoms with Crippen LogP contribution in [0.3, 0.4) is 0 Å². The highest BCUT2D eigenvalue weighted by Gasteiger charge is 2.14. The Morgan fingerprint density at radius 1 is 0.889 bits per heavy atom. The Labute approximate surface area is 209 Å². The van der Waals surface area contributed by atoms with Crippen molar-refractivity contribution in [2.75, 3.05) is 0 Å². The summed E-state index contributed by atoms with van der Waals surface area (Å²) >= 11 is 0. The van der Waals surface area contributed by atoms with Gasteiger partial charge in [0, 0.05) is 29.2 Å². The van der Waals surface area contributed by atoms with Crippen LogP contribution in [0.25, 0.3) is 22.6 Å². The van der Waals surface area contributed by atoms with Crippen LogP contribution in [0.2, 0.25) is 0 Å². The smallest absolute Gasteiger partial charge is 0.295 e. The third-order valence-electron chi connectivity index (χ3n) is 6.34. The second kappa shape index (κ2) is 10.9. The van der Waals surface area contributed by atoms with E-state index in [9.17, 15) is 4.79 Å². The summed E-state index contributed by atoms with van der Waals surface area (Å²) in [6, 6.07) is 22.1. The zero-order valence-electron chi connectivity index (χ0n) is 20.3. The highest BCUT2D eigenvalue weighted by Crippen LogP contribution is 2.27. The quantitative estimate of drug-likeness (QED) is 0.293. The van der Waals surface area contributed by atoms with Gasteiger partial charge in [0.1, 0.15) is 0 Å². The molecule has 5 rings (SSSR count). The maximum atomic E-state index is 13.4. The fourth-order valence-corrected chi connectivity index (χ4v) is 4.45. The average molecular weight is 480 g/mol. The van der Waals surface area contributed by atoms with Crippen molar-refractivity contribution in [1.29, 1.82) is 0 Å². The van der Waals surface area contributed by atoms with Gasteiger partial charge in [-0.1, -0.05) is 74.4 Å². The van der Waals surface area contributed by atoms with E-state index >= 15 is 0 Å². The molecule has 0 atom stereocenters. The molecule has 0 radical (unpaired) electrons. The van der Waals surface area contributed by atoms with Crippen LogP contribution in [0, 0.1) is 0 Å². The van der Waals surface area contributed by atoms with E-state index in [1.165, 1.54) is 0 Å². The van der Waals surface area contributed by atoms with Gasteiger partial charge in [0.15, 0.2) is 5.82 Å². The van der Waals surface area contributed by atoms with E-state index in [4.69, 9.17) is 0 Å². The van der Waals surface area contributed by atoms with E-state index in [-0.39, 0.29) is 5.69 Å². The predicted molar refractivity (Wildman–Crippen MR) is 139 cm³/mol. The van der Waals surface area contributed by atoms with Crippen LogP contribution in [-0.4, -0.2) is 34.7 Å². The van der Waals surface area contributed by atoms with Crippen LogP contribution in [-0.2, 0) is 19.5 Å². The third kappa shape index (κ3) is 5.17. The lowest BCUT2D eigenvalue weighted by atomic mass is 10.0. The number of unbranched alkanes of at least 4 members (excludes halogenated alkanes) is 2. The Hall–Kier alpha value is -4.33. The van der Waals surface area contributed by atoms with Gasteiger partial charge in [-0.15, -0.1) is 5.10 Å². The molecule has 0 amide bonds. The SMILES string of the molecule is CCCCCc1cn(Cc2ccccc2)c(=O)n1Cc1ccc(-c2ncccc2-c2nnn[nH]2)cc1. The summed E-state index contributed by atoms with van der Waals surface area (Å²) in [7, 11) is 0. The van der Waals surface area contributed by atoms with Gasteiger partial charge in [0.05, 0.1) is 18.8 Å². The van der Waals surface area contributed by atoms with Crippen molar-refractivity contribution in [2.24, 2.45) is 0 Å². The van der Waals surface area contributed by atoms with Gasteiger partial charge >= 0.3 is 5.69 Å². The topological polar surface area (TPSA) is 94.3 Å². The Balaban J connectivity index is 1.41. The Kier molecular flexibility index (Phi) is 7.12. The first-order valence-corrected chi connectivity index (χ1v) is 12.3. The summed E-state index contributed by atoms with van der Waals surface area (Å²) in [5, 5.41) is 14.2. The molecule has 3 heterocycles. The van der Waals surface area contributed by atoms with Crippen LogP contribution in [0.1, 0.15) is 43.0 Å². The number of imidazole rings is 1. The molecule has 3 aromatic heterocycles. The van der Waals surface area contributed by atoms with Crippen molar-refractivity contribution in [3.8, 4) is 22.6 Å². The second-order valence-electron chi connectivity index (χ2n) is 8.91. The first-order valence-electron chi connectivity index (χ1n) is 12.3. The van der Waals surface area contributed by atoms with Crippen molar-refractivity contribution in [1.82, 2.24) is 34.7 Å². The van der Waals surface area contributed by atoms with Gasteiger partial charge in [-0.05, 0) is 46.5 Å². The largest absolute Gasteiger partial charge is 0.328 e. The van der Waals surface area contributed by atoms with Gasteiger partial charge in [-0.25, -0.2) is 9.89 Å². The maximum absolute atomic E-state index is 13.4. The molecule has 0 aliphatic carbocycles. The molecule has 0 saturated heterocycles. The zero-order valence-corrected chi connectivity index (χ0v) is 20.3. The minimum absolute atomic E-state index is 0.0271. The Morgan fingerprint density at radius 2 is 1.69 bits per heavy atom. The number of aryl methyl sites for hydroxylation is 1. The number of hydrogen-bond acceptors (Lipinski definition) is 5. The molecule has 8 nitrogen and oxygen atoms in total. The molecular weight excluding hydrogens is 450 g/mol. The first kappa shape index (κ1) is 23.4. The molecular formula is C28H29N7O. The predicted octanol–water partition coefficient (Wildman–Crippen LogP) is 4.72. The minimum atomic E-state index is 0.0271. The monoisotopic (exact) mass is 479 g/mol. The average Bonchev–Trinajstić information content (AvgIpc) is 3.55. The van der Waals surface area contributed by atoms with E-state index in [0.29, 0.717) is 18.9 Å². The van der Waals surface area contributed by atoms with Gasteiger partial charge in [0.2, 0.25) is 0 Å². The molecule has 36 heavy (non-hydrogen) atoms. The van der Waals surface area contributed by atoms with Crippen LogP contribution >= 0.6 is 0 Å². The number of rotatable bonds is 10. The second-order valence-corrected chi connectivity index (χ2v) is 8.91. The lowest BCUT2D eigenvalue weighted by Crippen LogP contribution is -2.26. The Bertz CT molecular complexity index is 1450. The minimum Gasteiger partial charge on any atom is -0.295 e. The van der Waals surface area contributed by atoms with Crippen molar-refractivity contribution in [3.05, 3.63) is 106 Å². The van der Waals surface area contributed by atoms with Crippen molar-refractivity contribution in [3.63, 3.8) is 0 Å². The molecule has 0 spiro atoms. The highest BCUT2D eigenvalue weighted by atomic mass is 16.1. The number of hydrogen-bond donors (Lipinski definition) is 1. The number of tetrazole rings is 1. The molecule has 0 bridgehead atoms. The lowest BCUT2D eigenvalue weighted by molar-refractivity contribution is 0.643. The van der Waals surface area contributed by atoms with Crippen LogP contribution in [0.4, 0.5) is 0 Å². The van der Waals surface area contributed by atoms with Crippen molar-refractivity contribution in [2.45, 2.75) is 45.7 Å². The Morgan fingerprint density at radius 3 is 2.44 bits per heavy atom. The van der Waals surface area contributed by atoms with Gasteiger partial charge in [-0.3, -0.25) is 14.1 Å². The fraction of sp³-hybridized carbons (Fsp3) is 0.250. The molecule has 0 aliphatic heterocycles. The van der Waals surface area contributed by atoms with Gasteiger partial charge < -0.3 is 0 Å². The number of aromatic nitrogens is 7. The van der Waals surface area contributed by atoms with E-state index < -0.39 is 0 Å². The third-order valence-corrected chi connectivity index (χ3v) is 6.34. The molecule has 2 aromatic carbocycles. The van der Waals surface area contributed by atoms with Gasteiger partial charge in [-0.2, -0.15) is 0 Å². The number of pyridine rings is 1. The van der Waals surface area contributed by atoms with E-state index in [2.05, 4.69) is 56.8 Å². The number of nitrogens with one attached hydrogen (secondary N) is 1. The van der Waals surface area contributed by atoms with E-state index in [1.807, 2.05) is 57.8 Å². The molecule has 5 aromatic rings. The summed E-state index contributed by atoms with van der Waals surface area (Å²) in [4.78, 5) is 17.9. The summed E-state index contributed by atoms with van der Waals surface area (Å²) in [5.41, 5.74) is 5.89. The summed E-state index contributed by atoms with van der Waals surface area (Å²) in [5.74, 6) is 0.574. The standard InChI is InChI=1S/C28H29N7O/c1-2-3-5-11-24-20-34(18-21-9-6-4-7-10-21)28(36)35(24)19-22-13-15-23(16-14-22)26-25(12-8-17-29-26)27-30-32-33-31-27/h4,6-10,12-17,20H,2-3,5,11,18-19H2,1H3,(H,30,31,32,33). The molecule has 0 fully saturated rings. The van der Waals surface area contributed by atoms with Crippen molar-refractivity contribution >= 4 is 0 Å². The highest BCUT2D eigenvalue weighted by molar-refractivity contribution is 5.76. The van der Waals surface area contributed by atoms with Crippen LogP contribution < -0.4 is 5.69 Å². The van der Waals surface area contributed by atoms with Crippen LogP contribution in [0.5, 0.6) is 0 Å². The molecule has 182 valence electrons. The summed E-state index contributed by atoms with van der Waals surface area (Å²) < 4.78 is 3.75. The lowest BCUT2D eigenvalue weighted by Gasteiger charge is -2.10. The van der Waals surface area contributed by atoms with Gasteiger partial charge in [0.25, 0.3) is 0 Å². The number of H-pyrrole nitrogens is 1. The van der Waals surface area contributed by atoms with E-state index in [0.717, 1.165) is 59.3 Å². The maximum Gasteiger partial charge on any atom is 0.328 e. The summed E-state index contributed by atoms with van der Waals surface area (Å²) in [6.07, 6.45) is 8.06. The van der Waals surface area contributed by atoms with Crippen molar-refractivity contribution < 1.29 is 0 Å². The molecule has 0 saturated carbocycles. The van der Waals surface area contributed by atoms with Crippen LogP contribution in [0.15, 0.2) is 83.9 Å². The summed E-state index contributed by atoms with van der Waals surface area (Å²) in [6.45, 7) is 3.30. The normalized spacial score (nSPS) is 11.1. The number of benzene rings is 2. The molecule has 1 N–H and O–H groups in total. The zero-order chi connectivity index (χ0) is 24.7. The molecule has 8 heteroatoms. The fourth-order valence-electron chi connectivity index (χ4n) is 4.45. The molecule has 0 aliphatic rings.